The first kappa shape index (κ1) is 17.1. The molecule has 0 saturated heterocycles. The zero-order chi connectivity index (χ0) is 17.9. The Morgan fingerprint density at radius 2 is 1.96 bits per heavy atom. The molecule has 1 aromatic heterocycles. The number of nitrogens with one attached hydrogen (secondary N) is 1. The lowest BCUT2D eigenvalue weighted by Crippen LogP contribution is -2.37. The molecule has 0 spiro atoms. The van der Waals surface area contributed by atoms with E-state index >= 15 is 0 Å². The van der Waals surface area contributed by atoms with E-state index in [1.165, 1.54) is 11.0 Å². The van der Waals surface area contributed by atoms with Crippen molar-refractivity contribution < 1.29 is 4.79 Å². The summed E-state index contributed by atoms with van der Waals surface area (Å²) >= 11 is 6.07. The molecule has 25 heavy (non-hydrogen) atoms. The molecule has 0 aliphatic rings. The lowest BCUT2D eigenvalue weighted by atomic mass is 9.84. The molecule has 1 N–H and O–H groups in total. The van der Waals surface area contributed by atoms with Crippen LogP contribution in [0, 0.1) is 0 Å². The molecule has 0 unspecified atom stereocenters. The van der Waals surface area contributed by atoms with E-state index in [1.54, 1.807) is 18.2 Å². The van der Waals surface area contributed by atoms with Crippen LogP contribution in [0.4, 0.5) is 0 Å². The first-order valence-electron chi connectivity index (χ1n) is 7.84. The molecular weight excluding hydrogens is 338 g/mol. The van der Waals surface area contributed by atoms with Crippen LogP contribution in [-0.4, -0.2) is 32.7 Å². The second kappa shape index (κ2) is 7.03. The van der Waals surface area contributed by atoms with Gasteiger partial charge in [-0.05, 0) is 34.2 Å². The summed E-state index contributed by atoms with van der Waals surface area (Å²) in [5, 5.41) is 14.5. The Hall–Kier alpha value is -2.73. The Morgan fingerprint density at radius 1 is 1.20 bits per heavy atom. The summed E-state index contributed by atoms with van der Waals surface area (Å²) in [7, 11) is 0. The second-order valence-electron chi connectivity index (χ2n) is 6.35. The molecule has 0 bridgehead atoms. The molecule has 3 rings (SSSR count). The van der Waals surface area contributed by atoms with E-state index in [0.29, 0.717) is 22.8 Å². The molecule has 1 amide bonds. The summed E-state index contributed by atoms with van der Waals surface area (Å²) in [4.78, 5) is 12.7. The number of carbonyl (C=O) groups excluding carboxylic acids is 1. The molecule has 0 radical (unpaired) electrons. The number of rotatable bonds is 5. The molecule has 2 aromatic carbocycles. The van der Waals surface area contributed by atoms with Crippen LogP contribution in [0.1, 0.15) is 29.8 Å². The molecule has 128 valence electrons. The molecule has 7 heteroatoms. The minimum absolute atomic E-state index is 0.204. The van der Waals surface area contributed by atoms with Crippen molar-refractivity contribution in [2.75, 3.05) is 6.54 Å². The predicted molar refractivity (Wildman–Crippen MR) is 96.0 cm³/mol. The van der Waals surface area contributed by atoms with Crippen LogP contribution in [0.3, 0.4) is 0 Å². The van der Waals surface area contributed by atoms with Crippen LogP contribution >= 0.6 is 11.6 Å². The lowest BCUT2D eigenvalue weighted by molar-refractivity contribution is 0.0945. The highest BCUT2D eigenvalue weighted by molar-refractivity contribution is 6.31. The van der Waals surface area contributed by atoms with Gasteiger partial charge in [0.2, 0.25) is 0 Å². The first-order valence-corrected chi connectivity index (χ1v) is 8.22. The van der Waals surface area contributed by atoms with Crippen molar-refractivity contribution in [2.24, 2.45) is 0 Å². The normalized spacial score (nSPS) is 11.3. The summed E-state index contributed by atoms with van der Waals surface area (Å²) in [5.41, 5.74) is 1.94. The van der Waals surface area contributed by atoms with Crippen molar-refractivity contribution in [1.29, 1.82) is 0 Å². The highest BCUT2D eigenvalue weighted by atomic mass is 35.5. The van der Waals surface area contributed by atoms with Crippen LogP contribution in [0.15, 0.2) is 54.9 Å². The predicted octanol–water partition coefficient (Wildman–Crippen LogP) is 3.02. The minimum Gasteiger partial charge on any atom is -0.351 e. The summed E-state index contributed by atoms with van der Waals surface area (Å²) < 4.78 is 1.44. The summed E-state index contributed by atoms with van der Waals surface area (Å²) in [6.07, 6.45) is 1.44. The summed E-state index contributed by atoms with van der Waals surface area (Å²) in [6, 6.07) is 15.1. The maximum absolute atomic E-state index is 12.7. The molecule has 1 heterocycles. The van der Waals surface area contributed by atoms with E-state index in [4.69, 9.17) is 11.6 Å². The Labute approximate surface area is 150 Å². The van der Waals surface area contributed by atoms with E-state index < -0.39 is 0 Å². The Balaban J connectivity index is 1.81. The van der Waals surface area contributed by atoms with E-state index in [1.807, 2.05) is 18.2 Å². The van der Waals surface area contributed by atoms with Gasteiger partial charge in [-0.1, -0.05) is 55.8 Å². The molecule has 3 aromatic rings. The lowest BCUT2D eigenvalue weighted by Gasteiger charge is -2.26. The number of carbonyl (C=O) groups is 1. The van der Waals surface area contributed by atoms with Crippen molar-refractivity contribution >= 4 is 17.5 Å². The third-order valence-corrected chi connectivity index (χ3v) is 4.28. The second-order valence-corrected chi connectivity index (χ2v) is 6.78. The molecule has 0 fully saturated rings. The molecular formula is C18H18ClN5O. The van der Waals surface area contributed by atoms with Gasteiger partial charge in [0.05, 0.1) is 11.3 Å². The van der Waals surface area contributed by atoms with E-state index in [2.05, 4.69) is 46.8 Å². The van der Waals surface area contributed by atoms with E-state index in [0.717, 1.165) is 5.56 Å². The largest absolute Gasteiger partial charge is 0.351 e. The average molecular weight is 356 g/mol. The highest BCUT2D eigenvalue weighted by Gasteiger charge is 2.22. The number of benzene rings is 2. The van der Waals surface area contributed by atoms with E-state index in [-0.39, 0.29) is 11.3 Å². The molecule has 0 aliphatic carbocycles. The SMILES string of the molecule is CC(C)(CNC(=O)c1cc(Cl)ccc1-n1cnnn1)c1ccccc1. The van der Waals surface area contributed by atoms with Gasteiger partial charge in [-0.15, -0.1) is 5.10 Å². The number of aromatic nitrogens is 4. The first-order chi connectivity index (χ1) is 12.0. The quantitative estimate of drug-likeness (QED) is 0.763. The van der Waals surface area contributed by atoms with Gasteiger partial charge < -0.3 is 5.32 Å². The van der Waals surface area contributed by atoms with Crippen LogP contribution in [-0.2, 0) is 5.41 Å². The highest BCUT2D eigenvalue weighted by Crippen LogP contribution is 2.23. The zero-order valence-electron chi connectivity index (χ0n) is 14.0. The Kier molecular flexibility index (Phi) is 4.81. The summed E-state index contributed by atoms with van der Waals surface area (Å²) in [6.45, 7) is 4.66. The fraction of sp³-hybridized carbons (Fsp3) is 0.222. The van der Waals surface area contributed by atoms with Crippen molar-refractivity contribution in [3.63, 3.8) is 0 Å². The molecule has 6 nitrogen and oxygen atoms in total. The Bertz CT molecular complexity index is 862. The van der Waals surface area contributed by atoms with Gasteiger partial charge in [-0.25, -0.2) is 0 Å². The third kappa shape index (κ3) is 3.85. The van der Waals surface area contributed by atoms with Gasteiger partial charge in [0, 0.05) is 17.0 Å². The minimum atomic E-state index is -0.225. The van der Waals surface area contributed by atoms with Gasteiger partial charge in [-0.3, -0.25) is 4.79 Å². The molecule has 0 saturated carbocycles. The molecule has 0 atom stereocenters. The van der Waals surface area contributed by atoms with Crippen LogP contribution in [0.2, 0.25) is 5.02 Å². The topological polar surface area (TPSA) is 72.7 Å². The fourth-order valence-corrected chi connectivity index (χ4v) is 2.72. The number of tetrazole rings is 1. The summed E-state index contributed by atoms with van der Waals surface area (Å²) in [5.74, 6) is -0.225. The van der Waals surface area contributed by atoms with Gasteiger partial charge in [-0.2, -0.15) is 4.68 Å². The number of halogens is 1. The van der Waals surface area contributed by atoms with Crippen molar-refractivity contribution in [2.45, 2.75) is 19.3 Å². The number of amides is 1. The number of hydrogen-bond acceptors (Lipinski definition) is 4. The van der Waals surface area contributed by atoms with Crippen molar-refractivity contribution in [1.82, 2.24) is 25.5 Å². The van der Waals surface area contributed by atoms with Gasteiger partial charge >= 0.3 is 0 Å². The van der Waals surface area contributed by atoms with Crippen LogP contribution in [0.5, 0.6) is 0 Å². The van der Waals surface area contributed by atoms with Crippen molar-refractivity contribution in [3.05, 3.63) is 71.0 Å². The standard InChI is InChI=1S/C18H18ClN5O/c1-18(2,13-6-4-3-5-7-13)11-20-17(25)15-10-14(19)8-9-16(15)24-12-21-22-23-24/h3-10,12H,11H2,1-2H3,(H,20,25). The van der Waals surface area contributed by atoms with Gasteiger partial charge in [0.25, 0.3) is 5.91 Å². The smallest absolute Gasteiger partial charge is 0.253 e. The fourth-order valence-electron chi connectivity index (χ4n) is 2.55. The monoisotopic (exact) mass is 355 g/mol. The van der Waals surface area contributed by atoms with Crippen molar-refractivity contribution in [3.8, 4) is 5.69 Å². The van der Waals surface area contributed by atoms with Crippen LogP contribution < -0.4 is 5.32 Å². The Morgan fingerprint density at radius 3 is 2.64 bits per heavy atom. The van der Waals surface area contributed by atoms with Gasteiger partial charge in [0.1, 0.15) is 6.33 Å². The average Bonchev–Trinajstić information content (AvgIpc) is 3.15. The maximum Gasteiger partial charge on any atom is 0.253 e. The van der Waals surface area contributed by atoms with Gasteiger partial charge in [0.15, 0.2) is 0 Å². The number of nitrogens with zero attached hydrogens (tertiary/aromatic N) is 4. The zero-order valence-corrected chi connectivity index (χ0v) is 14.7. The number of hydrogen-bond donors (Lipinski definition) is 1. The van der Waals surface area contributed by atoms with E-state index in [9.17, 15) is 4.79 Å². The van der Waals surface area contributed by atoms with Crippen LogP contribution in [0.25, 0.3) is 5.69 Å². The molecule has 0 aliphatic heterocycles. The maximum atomic E-state index is 12.7. The third-order valence-electron chi connectivity index (χ3n) is 4.05.